The maximum absolute atomic E-state index is 3.68. The summed E-state index contributed by atoms with van der Waals surface area (Å²) in [5.41, 5.74) is 1.66. The molecule has 1 aliphatic rings. The van der Waals surface area contributed by atoms with Crippen LogP contribution in [-0.2, 0) is 0 Å². The molecule has 2 heteroatoms. The molecule has 1 aromatic rings. The molecule has 16 heavy (non-hydrogen) atoms. The zero-order valence-corrected chi connectivity index (χ0v) is 11.7. The maximum atomic E-state index is 3.68. The fourth-order valence-electron chi connectivity index (χ4n) is 2.51. The standard InChI is InChI=1S/C14H20BrN/c1-14(2)10-4-3-5-13(14)16-12-8-6-11(15)7-9-12/h6-9,13,16H,3-5,10H2,1-2H3. The first-order valence-corrected chi connectivity index (χ1v) is 6.89. The topological polar surface area (TPSA) is 12.0 Å². The molecule has 1 saturated carbocycles. The van der Waals surface area contributed by atoms with Crippen LogP contribution in [0.25, 0.3) is 0 Å². The molecule has 0 aromatic heterocycles. The zero-order valence-electron chi connectivity index (χ0n) is 10.1. The van der Waals surface area contributed by atoms with Crippen molar-refractivity contribution in [2.75, 3.05) is 5.32 Å². The fourth-order valence-corrected chi connectivity index (χ4v) is 2.77. The highest BCUT2D eigenvalue weighted by Gasteiger charge is 2.31. The molecule has 0 bridgehead atoms. The van der Waals surface area contributed by atoms with Crippen molar-refractivity contribution in [3.05, 3.63) is 28.7 Å². The fraction of sp³-hybridized carbons (Fsp3) is 0.571. The minimum absolute atomic E-state index is 0.422. The SMILES string of the molecule is CC1(C)CCCCC1Nc1ccc(Br)cc1. The summed E-state index contributed by atoms with van der Waals surface area (Å²) in [6, 6.07) is 9.10. The zero-order chi connectivity index (χ0) is 11.6. The summed E-state index contributed by atoms with van der Waals surface area (Å²) in [5.74, 6) is 0. The van der Waals surface area contributed by atoms with Crippen LogP contribution in [0.1, 0.15) is 39.5 Å². The van der Waals surface area contributed by atoms with Crippen LogP contribution in [0.3, 0.4) is 0 Å². The van der Waals surface area contributed by atoms with E-state index in [2.05, 4.69) is 59.4 Å². The molecule has 1 aliphatic carbocycles. The molecule has 0 saturated heterocycles. The van der Waals surface area contributed by atoms with Gasteiger partial charge in [0.25, 0.3) is 0 Å². The van der Waals surface area contributed by atoms with Gasteiger partial charge in [0, 0.05) is 16.2 Å². The molecule has 0 aliphatic heterocycles. The quantitative estimate of drug-likeness (QED) is 0.819. The second kappa shape index (κ2) is 4.79. The van der Waals surface area contributed by atoms with Gasteiger partial charge < -0.3 is 5.32 Å². The van der Waals surface area contributed by atoms with E-state index in [0.29, 0.717) is 11.5 Å². The van der Waals surface area contributed by atoms with Gasteiger partial charge in [-0.1, -0.05) is 42.6 Å². The van der Waals surface area contributed by atoms with Crippen molar-refractivity contribution in [2.45, 2.75) is 45.6 Å². The number of anilines is 1. The molecule has 88 valence electrons. The Bertz CT molecular complexity index is 342. The number of halogens is 1. The van der Waals surface area contributed by atoms with Crippen molar-refractivity contribution in [1.29, 1.82) is 0 Å². The Morgan fingerprint density at radius 2 is 1.88 bits per heavy atom. The average Bonchev–Trinajstić information content (AvgIpc) is 2.24. The van der Waals surface area contributed by atoms with Crippen LogP contribution in [0, 0.1) is 5.41 Å². The molecule has 1 aromatic carbocycles. The molecule has 0 spiro atoms. The Balaban J connectivity index is 2.05. The lowest BCUT2D eigenvalue weighted by Gasteiger charge is -2.39. The highest BCUT2D eigenvalue weighted by Crippen LogP contribution is 2.37. The summed E-state index contributed by atoms with van der Waals surface area (Å²) in [7, 11) is 0. The van der Waals surface area contributed by atoms with Gasteiger partial charge in [-0.25, -0.2) is 0 Å². The normalized spacial score (nSPS) is 24.1. The molecule has 1 atom stereocenters. The number of rotatable bonds is 2. The van der Waals surface area contributed by atoms with E-state index in [1.54, 1.807) is 0 Å². The molecule has 1 N–H and O–H groups in total. The van der Waals surface area contributed by atoms with E-state index in [1.807, 2.05) is 0 Å². The predicted molar refractivity (Wildman–Crippen MR) is 73.8 cm³/mol. The van der Waals surface area contributed by atoms with Crippen LogP contribution in [-0.4, -0.2) is 6.04 Å². The summed E-state index contributed by atoms with van der Waals surface area (Å²) in [6.07, 6.45) is 5.37. The van der Waals surface area contributed by atoms with Crippen LogP contribution in [0.5, 0.6) is 0 Å². The summed E-state index contributed by atoms with van der Waals surface area (Å²) >= 11 is 3.47. The number of benzene rings is 1. The molecular weight excluding hydrogens is 262 g/mol. The highest BCUT2D eigenvalue weighted by molar-refractivity contribution is 9.10. The smallest absolute Gasteiger partial charge is 0.0343 e. The highest BCUT2D eigenvalue weighted by atomic mass is 79.9. The van der Waals surface area contributed by atoms with E-state index < -0.39 is 0 Å². The Kier molecular flexibility index (Phi) is 3.58. The van der Waals surface area contributed by atoms with Crippen molar-refractivity contribution in [3.63, 3.8) is 0 Å². The van der Waals surface area contributed by atoms with Gasteiger partial charge in [-0.05, 0) is 42.5 Å². The van der Waals surface area contributed by atoms with Crippen LogP contribution in [0.15, 0.2) is 28.7 Å². The van der Waals surface area contributed by atoms with Crippen LogP contribution in [0.2, 0.25) is 0 Å². The van der Waals surface area contributed by atoms with Gasteiger partial charge >= 0.3 is 0 Å². The first-order chi connectivity index (χ1) is 7.58. The first-order valence-electron chi connectivity index (χ1n) is 6.10. The van der Waals surface area contributed by atoms with Gasteiger partial charge in [0.15, 0.2) is 0 Å². The van der Waals surface area contributed by atoms with Gasteiger partial charge in [-0.3, -0.25) is 0 Å². The average molecular weight is 282 g/mol. The van der Waals surface area contributed by atoms with Gasteiger partial charge in [-0.15, -0.1) is 0 Å². The summed E-state index contributed by atoms with van der Waals surface area (Å²) in [4.78, 5) is 0. The minimum atomic E-state index is 0.422. The Morgan fingerprint density at radius 1 is 1.19 bits per heavy atom. The van der Waals surface area contributed by atoms with Crippen LogP contribution in [0.4, 0.5) is 5.69 Å². The van der Waals surface area contributed by atoms with E-state index in [4.69, 9.17) is 0 Å². The second-order valence-electron chi connectivity index (χ2n) is 5.44. The number of hydrogen-bond donors (Lipinski definition) is 1. The molecule has 1 unspecified atom stereocenters. The van der Waals surface area contributed by atoms with Crippen LogP contribution >= 0.6 is 15.9 Å². The summed E-state index contributed by atoms with van der Waals surface area (Å²) in [5, 5.41) is 3.68. The molecule has 1 nitrogen and oxygen atoms in total. The van der Waals surface area contributed by atoms with Gasteiger partial charge in [0.1, 0.15) is 0 Å². The third-order valence-corrected chi connectivity index (χ3v) is 4.22. The van der Waals surface area contributed by atoms with Gasteiger partial charge in [-0.2, -0.15) is 0 Å². The molecule has 0 heterocycles. The molecule has 0 radical (unpaired) electrons. The second-order valence-corrected chi connectivity index (χ2v) is 6.35. The Hall–Kier alpha value is -0.500. The van der Waals surface area contributed by atoms with Crippen LogP contribution < -0.4 is 5.32 Å². The predicted octanol–water partition coefficient (Wildman–Crippen LogP) is 4.83. The first kappa shape index (κ1) is 12.0. The van der Waals surface area contributed by atoms with Crippen molar-refractivity contribution in [3.8, 4) is 0 Å². The third-order valence-electron chi connectivity index (χ3n) is 3.69. The van der Waals surface area contributed by atoms with Crippen molar-refractivity contribution in [2.24, 2.45) is 5.41 Å². The lowest BCUT2D eigenvalue weighted by Crippen LogP contribution is -2.38. The molecule has 2 rings (SSSR count). The monoisotopic (exact) mass is 281 g/mol. The lowest BCUT2D eigenvalue weighted by atomic mass is 9.73. The van der Waals surface area contributed by atoms with E-state index in [9.17, 15) is 0 Å². The van der Waals surface area contributed by atoms with E-state index in [1.165, 1.54) is 31.4 Å². The largest absolute Gasteiger partial charge is 0.382 e. The van der Waals surface area contributed by atoms with E-state index in [-0.39, 0.29) is 0 Å². The molecular formula is C14H20BrN. The number of nitrogens with one attached hydrogen (secondary N) is 1. The van der Waals surface area contributed by atoms with Crippen molar-refractivity contribution < 1.29 is 0 Å². The van der Waals surface area contributed by atoms with E-state index >= 15 is 0 Å². The van der Waals surface area contributed by atoms with Gasteiger partial charge in [0.2, 0.25) is 0 Å². The molecule has 0 amide bonds. The third kappa shape index (κ3) is 2.79. The van der Waals surface area contributed by atoms with Gasteiger partial charge in [0.05, 0.1) is 0 Å². The summed E-state index contributed by atoms with van der Waals surface area (Å²) in [6.45, 7) is 4.76. The van der Waals surface area contributed by atoms with Crippen molar-refractivity contribution in [1.82, 2.24) is 0 Å². The molecule has 1 fully saturated rings. The minimum Gasteiger partial charge on any atom is -0.382 e. The van der Waals surface area contributed by atoms with E-state index in [0.717, 1.165) is 4.47 Å². The Labute approximate surface area is 107 Å². The number of hydrogen-bond acceptors (Lipinski definition) is 1. The Morgan fingerprint density at radius 3 is 2.50 bits per heavy atom. The van der Waals surface area contributed by atoms with Crippen molar-refractivity contribution >= 4 is 21.6 Å². The summed E-state index contributed by atoms with van der Waals surface area (Å²) < 4.78 is 1.14. The maximum Gasteiger partial charge on any atom is 0.0343 e. The lowest BCUT2D eigenvalue weighted by molar-refractivity contribution is 0.217.